The predicted octanol–water partition coefficient (Wildman–Crippen LogP) is 4.43. The molecule has 0 aliphatic rings. The molecule has 0 aliphatic carbocycles. The molecule has 0 aliphatic heterocycles. The van der Waals surface area contributed by atoms with E-state index < -0.39 is 0 Å². The second kappa shape index (κ2) is 5.57. The summed E-state index contributed by atoms with van der Waals surface area (Å²) >= 11 is 0. The minimum atomic E-state index is -0.275. The van der Waals surface area contributed by atoms with Crippen molar-refractivity contribution in [2.75, 3.05) is 0 Å². The van der Waals surface area contributed by atoms with Gasteiger partial charge in [-0.3, -0.25) is 0 Å². The summed E-state index contributed by atoms with van der Waals surface area (Å²) in [6.07, 6.45) is 1.93. The van der Waals surface area contributed by atoms with Gasteiger partial charge in [0.15, 0.2) is 0 Å². The van der Waals surface area contributed by atoms with Gasteiger partial charge in [0.05, 0.1) is 0 Å². The van der Waals surface area contributed by atoms with Crippen LogP contribution in [0.15, 0.2) is 65.2 Å². The molecule has 2 heterocycles. The maximum atomic E-state index is 13.1. The Bertz CT molecular complexity index is 1040. The molecular weight excluding hydrogens is 303 g/mol. The number of oxazole rings is 1. The van der Waals surface area contributed by atoms with Crippen molar-refractivity contribution in [1.29, 1.82) is 0 Å². The number of aryl methyl sites for hydroxylation is 2. The molecule has 0 N–H and O–H groups in total. The summed E-state index contributed by atoms with van der Waals surface area (Å²) in [5.41, 5.74) is 5.68. The van der Waals surface area contributed by atoms with Crippen molar-refractivity contribution >= 4 is 11.1 Å². The van der Waals surface area contributed by atoms with E-state index in [0.717, 1.165) is 22.3 Å². The Morgan fingerprint density at radius 2 is 1.79 bits per heavy atom. The van der Waals surface area contributed by atoms with Crippen molar-refractivity contribution in [2.24, 2.45) is 7.05 Å². The molecule has 0 unspecified atom stereocenters. The van der Waals surface area contributed by atoms with E-state index in [9.17, 15) is 4.39 Å². The van der Waals surface area contributed by atoms with Gasteiger partial charge in [-0.15, -0.1) is 0 Å². The number of rotatable bonds is 2. The highest BCUT2D eigenvalue weighted by molar-refractivity contribution is 5.78. The molecule has 3 nitrogen and oxygen atoms in total. The number of aromatic nitrogens is 2. The van der Waals surface area contributed by atoms with Crippen LogP contribution in [0.3, 0.4) is 0 Å². The number of hydrogen-bond donors (Lipinski definition) is 0. The van der Waals surface area contributed by atoms with Crippen molar-refractivity contribution in [2.45, 2.75) is 6.92 Å². The van der Waals surface area contributed by atoms with Crippen molar-refractivity contribution in [3.8, 4) is 22.7 Å². The van der Waals surface area contributed by atoms with E-state index in [2.05, 4.69) is 24.0 Å². The van der Waals surface area contributed by atoms with Crippen LogP contribution in [0.5, 0.6) is 0 Å². The Balaban J connectivity index is 1.86. The number of hydrogen-bond acceptors (Lipinski definition) is 2. The first-order valence-corrected chi connectivity index (χ1v) is 7.74. The van der Waals surface area contributed by atoms with E-state index in [1.807, 2.05) is 36.0 Å². The fourth-order valence-electron chi connectivity index (χ4n) is 2.86. The molecule has 0 atom stereocenters. The van der Waals surface area contributed by atoms with Crippen LogP contribution in [0.25, 0.3) is 33.8 Å². The monoisotopic (exact) mass is 319 g/mol. The Kier molecular flexibility index (Phi) is 3.38. The summed E-state index contributed by atoms with van der Waals surface area (Å²) in [6, 6.07) is 16.4. The Morgan fingerprint density at radius 1 is 1.04 bits per heavy atom. The van der Waals surface area contributed by atoms with Crippen LogP contribution in [0.1, 0.15) is 5.56 Å². The second-order valence-corrected chi connectivity index (χ2v) is 5.86. The molecule has 24 heavy (non-hydrogen) atoms. The first kappa shape index (κ1) is 14.6. The summed E-state index contributed by atoms with van der Waals surface area (Å²) in [4.78, 5) is 4.57. The van der Waals surface area contributed by atoms with E-state index in [4.69, 9.17) is 4.42 Å². The lowest BCUT2D eigenvalue weighted by molar-refractivity contribution is -0.659. The molecule has 4 rings (SSSR count). The maximum Gasteiger partial charge on any atom is 0.227 e. The summed E-state index contributed by atoms with van der Waals surface area (Å²) in [5, 5.41) is 0. The minimum absolute atomic E-state index is 0.275. The van der Waals surface area contributed by atoms with Crippen molar-refractivity contribution < 1.29 is 13.4 Å². The molecule has 118 valence electrons. The topological polar surface area (TPSA) is 29.9 Å². The van der Waals surface area contributed by atoms with E-state index in [-0.39, 0.29) is 5.82 Å². The highest BCUT2D eigenvalue weighted by atomic mass is 19.1. The summed E-state index contributed by atoms with van der Waals surface area (Å²) in [5.74, 6) is 0.218. The van der Waals surface area contributed by atoms with Crippen molar-refractivity contribution in [3.63, 3.8) is 0 Å². The third kappa shape index (κ3) is 2.46. The van der Waals surface area contributed by atoms with Gasteiger partial charge in [0.25, 0.3) is 0 Å². The molecule has 0 saturated carbocycles. The van der Waals surface area contributed by atoms with Gasteiger partial charge < -0.3 is 4.42 Å². The Hall–Kier alpha value is -3.01. The summed E-state index contributed by atoms with van der Waals surface area (Å²) in [7, 11) is 1.99. The van der Waals surface area contributed by atoms with Crippen LogP contribution < -0.4 is 4.57 Å². The molecule has 0 spiro atoms. The van der Waals surface area contributed by atoms with Gasteiger partial charge in [0, 0.05) is 17.2 Å². The number of pyridine rings is 1. The molecule has 0 saturated heterocycles. The molecular formula is C20H16FN2O+. The summed E-state index contributed by atoms with van der Waals surface area (Å²) < 4.78 is 21.0. The van der Waals surface area contributed by atoms with Crippen molar-refractivity contribution in [1.82, 2.24) is 4.98 Å². The average Bonchev–Trinajstić information content (AvgIpc) is 2.98. The second-order valence-electron chi connectivity index (χ2n) is 5.86. The van der Waals surface area contributed by atoms with Gasteiger partial charge in [-0.2, -0.15) is 4.57 Å². The predicted molar refractivity (Wildman–Crippen MR) is 90.8 cm³/mol. The van der Waals surface area contributed by atoms with Gasteiger partial charge in [0.1, 0.15) is 18.4 Å². The van der Waals surface area contributed by atoms with Gasteiger partial charge in [-0.1, -0.05) is 18.2 Å². The van der Waals surface area contributed by atoms with E-state index in [0.29, 0.717) is 11.5 Å². The lowest BCUT2D eigenvalue weighted by Gasteiger charge is -2.03. The van der Waals surface area contributed by atoms with Gasteiger partial charge in [-0.25, -0.2) is 9.37 Å². The average molecular weight is 319 g/mol. The third-order valence-electron chi connectivity index (χ3n) is 4.16. The molecule has 0 radical (unpaired) electrons. The number of halogens is 1. The van der Waals surface area contributed by atoms with Crippen LogP contribution in [0.4, 0.5) is 4.39 Å². The number of fused-ring (bicyclic) bond motifs is 1. The van der Waals surface area contributed by atoms with E-state index in [1.54, 1.807) is 12.1 Å². The number of nitrogens with zero attached hydrogens (tertiary/aromatic N) is 2. The van der Waals surface area contributed by atoms with Gasteiger partial charge >= 0.3 is 0 Å². The quantitative estimate of drug-likeness (QED) is 0.511. The smallest absolute Gasteiger partial charge is 0.227 e. The number of benzene rings is 2. The zero-order chi connectivity index (χ0) is 16.7. The molecule has 4 heteroatoms. The highest BCUT2D eigenvalue weighted by Crippen LogP contribution is 2.27. The van der Waals surface area contributed by atoms with E-state index in [1.165, 1.54) is 17.7 Å². The molecule has 0 fully saturated rings. The third-order valence-corrected chi connectivity index (χ3v) is 4.16. The Labute approximate surface area is 139 Å². The fraction of sp³-hybridized carbons (Fsp3) is 0.100. The minimum Gasteiger partial charge on any atom is -0.430 e. The SMILES string of the molecule is Cc1ccccc1-c1cc2nc(-c3ccc(F)cc3)oc2c[n+]1C. The first-order chi connectivity index (χ1) is 11.6. The zero-order valence-corrected chi connectivity index (χ0v) is 13.5. The van der Waals surface area contributed by atoms with Crippen LogP contribution in [0, 0.1) is 12.7 Å². The fourth-order valence-corrected chi connectivity index (χ4v) is 2.86. The highest BCUT2D eigenvalue weighted by Gasteiger charge is 2.18. The molecule has 0 amide bonds. The van der Waals surface area contributed by atoms with Crippen LogP contribution in [-0.4, -0.2) is 4.98 Å². The Morgan fingerprint density at radius 3 is 2.54 bits per heavy atom. The largest absolute Gasteiger partial charge is 0.430 e. The van der Waals surface area contributed by atoms with Crippen LogP contribution in [-0.2, 0) is 7.05 Å². The summed E-state index contributed by atoms with van der Waals surface area (Å²) in [6.45, 7) is 2.09. The zero-order valence-electron chi connectivity index (χ0n) is 13.5. The lowest BCUT2D eigenvalue weighted by Crippen LogP contribution is -2.30. The molecule has 0 bridgehead atoms. The normalized spacial score (nSPS) is 11.1. The van der Waals surface area contributed by atoms with Gasteiger partial charge in [0.2, 0.25) is 23.4 Å². The van der Waals surface area contributed by atoms with Crippen LogP contribution in [0.2, 0.25) is 0 Å². The first-order valence-electron chi connectivity index (χ1n) is 7.74. The lowest BCUT2D eigenvalue weighted by atomic mass is 10.0. The van der Waals surface area contributed by atoms with E-state index >= 15 is 0 Å². The molecule has 2 aromatic heterocycles. The maximum absolute atomic E-state index is 13.1. The standard InChI is InChI=1S/C20H16FN2O/c1-13-5-3-4-6-16(13)18-11-17-19(12-23(18)2)24-20(22-17)14-7-9-15(21)10-8-14/h3-12H,1-2H3/q+1. The van der Waals surface area contributed by atoms with Crippen LogP contribution >= 0.6 is 0 Å². The van der Waals surface area contributed by atoms with Crippen molar-refractivity contribution in [3.05, 3.63) is 72.2 Å². The molecule has 2 aromatic carbocycles. The van der Waals surface area contributed by atoms with Gasteiger partial charge in [-0.05, 0) is 42.8 Å². The molecule has 4 aromatic rings.